The van der Waals surface area contributed by atoms with Crippen LogP contribution in [0.2, 0.25) is 0 Å². The van der Waals surface area contributed by atoms with Crippen LogP contribution < -0.4 is 15.0 Å². The summed E-state index contributed by atoms with van der Waals surface area (Å²) in [5.74, 6) is 0.960. The second-order valence-corrected chi connectivity index (χ2v) is 6.43. The van der Waals surface area contributed by atoms with Crippen molar-refractivity contribution < 1.29 is 14.3 Å². The Labute approximate surface area is 164 Å². The normalized spacial score (nSPS) is 10.2. The molecule has 0 saturated carbocycles. The average molecular weight is 374 g/mol. The van der Waals surface area contributed by atoms with E-state index in [-0.39, 0.29) is 18.4 Å². The van der Waals surface area contributed by atoms with Gasteiger partial charge in [0.05, 0.1) is 0 Å². The molecular weight excluding hydrogens is 352 g/mol. The highest BCUT2D eigenvalue weighted by Crippen LogP contribution is 2.23. The van der Waals surface area contributed by atoms with Crippen LogP contribution in [0.1, 0.15) is 12.5 Å². The number of hydrogen-bond acceptors (Lipinski definition) is 3. The van der Waals surface area contributed by atoms with E-state index in [1.807, 2.05) is 61.5 Å². The summed E-state index contributed by atoms with van der Waals surface area (Å²) >= 11 is 0. The summed E-state index contributed by atoms with van der Waals surface area (Å²) in [6, 6.07) is 24.1. The minimum Gasteiger partial charge on any atom is -0.457 e. The van der Waals surface area contributed by atoms with E-state index in [9.17, 15) is 9.59 Å². The molecule has 5 heteroatoms. The molecule has 0 saturated heterocycles. The first-order chi connectivity index (χ1) is 13.5. The molecule has 0 fully saturated rings. The van der Waals surface area contributed by atoms with Gasteiger partial charge in [0.2, 0.25) is 11.8 Å². The molecule has 2 amide bonds. The van der Waals surface area contributed by atoms with Crippen molar-refractivity contribution in [2.75, 3.05) is 16.8 Å². The van der Waals surface area contributed by atoms with Crippen LogP contribution in [0.15, 0.2) is 78.9 Å². The van der Waals surface area contributed by atoms with Crippen LogP contribution in [0.25, 0.3) is 0 Å². The summed E-state index contributed by atoms with van der Waals surface area (Å²) in [5.41, 5.74) is 2.42. The molecule has 0 spiro atoms. The minimum absolute atomic E-state index is 0.0549. The molecule has 0 atom stereocenters. The van der Waals surface area contributed by atoms with Gasteiger partial charge in [-0.2, -0.15) is 0 Å². The summed E-state index contributed by atoms with van der Waals surface area (Å²) in [4.78, 5) is 25.8. The highest BCUT2D eigenvalue weighted by Gasteiger charge is 2.15. The lowest BCUT2D eigenvalue weighted by Gasteiger charge is -2.21. The van der Waals surface area contributed by atoms with Gasteiger partial charge in [-0.05, 0) is 55.5 Å². The van der Waals surface area contributed by atoms with Gasteiger partial charge in [-0.3, -0.25) is 9.59 Å². The Hall–Kier alpha value is -3.60. The van der Waals surface area contributed by atoms with Crippen molar-refractivity contribution in [3.05, 3.63) is 84.4 Å². The van der Waals surface area contributed by atoms with Crippen LogP contribution in [-0.4, -0.2) is 18.4 Å². The first kappa shape index (κ1) is 19.2. The number of para-hydroxylation sites is 1. The van der Waals surface area contributed by atoms with E-state index in [2.05, 4.69) is 5.32 Å². The summed E-state index contributed by atoms with van der Waals surface area (Å²) < 4.78 is 5.74. The fourth-order valence-corrected chi connectivity index (χ4v) is 2.68. The highest BCUT2D eigenvalue weighted by atomic mass is 16.5. The molecule has 0 bridgehead atoms. The van der Waals surface area contributed by atoms with Crippen LogP contribution in [0.3, 0.4) is 0 Å². The lowest BCUT2D eigenvalue weighted by Crippen LogP contribution is -2.36. The van der Waals surface area contributed by atoms with Gasteiger partial charge in [-0.25, -0.2) is 0 Å². The number of carbonyl (C=O) groups is 2. The number of amides is 2. The standard InChI is InChI=1S/C23H22N2O3/c1-17-8-12-20(13-9-17)25(18(2)26)16-23(27)24-19-10-14-22(15-11-19)28-21-6-4-3-5-7-21/h3-15H,16H2,1-2H3,(H,24,27). The molecule has 3 aromatic carbocycles. The van der Waals surface area contributed by atoms with Gasteiger partial charge >= 0.3 is 0 Å². The Bertz CT molecular complexity index is 936. The molecule has 0 heterocycles. The van der Waals surface area contributed by atoms with E-state index < -0.39 is 0 Å². The topological polar surface area (TPSA) is 58.6 Å². The third-order valence-corrected chi connectivity index (χ3v) is 4.14. The average Bonchev–Trinajstić information content (AvgIpc) is 2.69. The molecule has 0 radical (unpaired) electrons. The second kappa shape index (κ2) is 8.86. The molecule has 0 aliphatic rings. The molecule has 0 aliphatic heterocycles. The maximum atomic E-state index is 12.4. The SMILES string of the molecule is CC(=O)N(CC(=O)Nc1ccc(Oc2ccccc2)cc1)c1ccc(C)cc1. The van der Waals surface area contributed by atoms with Crippen molar-refractivity contribution in [1.82, 2.24) is 0 Å². The Morgan fingerprint density at radius 3 is 2.07 bits per heavy atom. The predicted molar refractivity (Wildman–Crippen MR) is 111 cm³/mol. The van der Waals surface area contributed by atoms with Crippen molar-refractivity contribution >= 4 is 23.2 Å². The number of carbonyl (C=O) groups excluding carboxylic acids is 2. The van der Waals surface area contributed by atoms with E-state index in [4.69, 9.17) is 4.74 Å². The predicted octanol–water partition coefficient (Wildman–Crippen LogP) is 4.78. The van der Waals surface area contributed by atoms with Crippen molar-refractivity contribution in [2.24, 2.45) is 0 Å². The lowest BCUT2D eigenvalue weighted by molar-refractivity contribution is -0.120. The molecule has 0 aliphatic carbocycles. The molecule has 1 N–H and O–H groups in total. The van der Waals surface area contributed by atoms with Gasteiger partial charge in [0, 0.05) is 18.3 Å². The quantitative estimate of drug-likeness (QED) is 0.675. The monoisotopic (exact) mass is 374 g/mol. The van der Waals surface area contributed by atoms with Crippen LogP contribution in [0, 0.1) is 6.92 Å². The zero-order valence-electron chi connectivity index (χ0n) is 15.9. The smallest absolute Gasteiger partial charge is 0.244 e. The summed E-state index contributed by atoms with van der Waals surface area (Å²) in [5, 5.41) is 2.81. The zero-order chi connectivity index (χ0) is 19.9. The number of aryl methyl sites for hydroxylation is 1. The molecule has 142 valence electrons. The summed E-state index contributed by atoms with van der Waals surface area (Å²) in [6.45, 7) is 3.36. The number of benzene rings is 3. The maximum absolute atomic E-state index is 12.4. The van der Waals surface area contributed by atoms with E-state index in [0.29, 0.717) is 17.1 Å². The molecule has 0 unspecified atom stereocenters. The van der Waals surface area contributed by atoms with Crippen LogP contribution in [0.4, 0.5) is 11.4 Å². The van der Waals surface area contributed by atoms with Crippen molar-refractivity contribution in [3.63, 3.8) is 0 Å². The molecule has 5 nitrogen and oxygen atoms in total. The van der Waals surface area contributed by atoms with Crippen molar-refractivity contribution in [3.8, 4) is 11.5 Å². The second-order valence-electron chi connectivity index (χ2n) is 6.43. The molecule has 0 aromatic heterocycles. The largest absolute Gasteiger partial charge is 0.457 e. The first-order valence-electron chi connectivity index (χ1n) is 8.99. The first-order valence-corrected chi connectivity index (χ1v) is 8.99. The fourth-order valence-electron chi connectivity index (χ4n) is 2.68. The molecule has 3 rings (SSSR count). The number of rotatable bonds is 6. The third kappa shape index (κ3) is 5.20. The van der Waals surface area contributed by atoms with E-state index >= 15 is 0 Å². The molecule has 3 aromatic rings. The number of nitrogens with zero attached hydrogens (tertiary/aromatic N) is 1. The van der Waals surface area contributed by atoms with Crippen molar-refractivity contribution in [2.45, 2.75) is 13.8 Å². The van der Waals surface area contributed by atoms with Gasteiger partial charge in [0.15, 0.2) is 0 Å². The molecule has 28 heavy (non-hydrogen) atoms. The number of hydrogen-bond donors (Lipinski definition) is 1. The van der Waals surface area contributed by atoms with E-state index in [1.165, 1.54) is 11.8 Å². The Morgan fingerprint density at radius 2 is 1.46 bits per heavy atom. The Balaban J connectivity index is 1.61. The van der Waals surface area contributed by atoms with Crippen LogP contribution in [-0.2, 0) is 9.59 Å². The number of anilines is 2. The number of nitrogens with one attached hydrogen (secondary N) is 1. The Morgan fingerprint density at radius 1 is 0.857 bits per heavy atom. The zero-order valence-corrected chi connectivity index (χ0v) is 15.9. The van der Waals surface area contributed by atoms with Crippen LogP contribution >= 0.6 is 0 Å². The van der Waals surface area contributed by atoms with E-state index in [0.717, 1.165) is 11.3 Å². The van der Waals surface area contributed by atoms with Gasteiger partial charge in [0.25, 0.3) is 0 Å². The molecular formula is C23H22N2O3. The lowest BCUT2D eigenvalue weighted by atomic mass is 10.2. The summed E-state index contributed by atoms with van der Waals surface area (Å²) in [6.07, 6.45) is 0. The van der Waals surface area contributed by atoms with Gasteiger partial charge in [0.1, 0.15) is 18.0 Å². The maximum Gasteiger partial charge on any atom is 0.244 e. The van der Waals surface area contributed by atoms with Crippen LogP contribution in [0.5, 0.6) is 11.5 Å². The number of ether oxygens (including phenoxy) is 1. The fraction of sp³-hybridized carbons (Fsp3) is 0.130. The summed E-state index contributed by atoms with van der Waals surface area (Å²) in [7, 11) is 0. The third-order valence-electron chi connectivity index (χ3n) is 4.14. The Kier molecular flexibility index (Phi) is 6.07. The van der Waals surface area contributed by atoms with Crippen molar-refractivity contribution in [1.29, 1.82) is 0 Å². The van der Waals surface area contributed by atoms with E-state index in [1.54, 1.807) is 24.3 Å². The highest BCUT2D eigenvalue weighted by molar-refractivity contribution is 6.01. The van der Waals surface area contributed by atoms with Gasteiger partial charge in [-0.15, -0.1) is 0 Å². The minimum atomic E-state index is -0.271. The van der Waals surface area contributed by atoms with Gasteiger partial charge < -0.3 is 15.0 Å². The van der Waals surface area contributed by atoms with Gasteiger partial charge in [-0.1, -0.05) is 35.9 Å².